The molecule has 0 amide bonds. The van der Waals surface area contributed by atoms with E-state index in [1.54, 1.807) is 6.92 Å². The van der Waals surface area contributed by atoms with Crippen LogP contribution in [0.1, 0.15) is 26.7 Å². The van der Waals surface area contributed by atoms with E-state index in [9.17, 15) is 13.2 Å². The number of nitrogens with two attached hydrogens (primary N) is 1. The Balaban J connectivity index is 4.79. The standard InChI is InChI=1S/C11H23F3N2O/c1-4-9(2)16(7-8-17-3)10(5-6-15)11(12,13)14/h9-10H,4-8,15H2,1-3H3. The zero-order valence-electron chi connectivity index (χ0n) is 10.8. The molecule has 104 valence electrons. The Bertz CT molecular complexity index is 200. The number of hydrogen-bond acceptors (Lipinski definition) is 3. The zero-order chi connectivity index (χ0) is 13.5. The van der Waals surface area contributed by atoms with E-state index in [4.69, 9.17) is 10.5 Å². The first-order valence-electron chi connectivity index (χ1n) is 5.89. The molecule has 0 radical (unpaired) electrons. The molecule has 0 heterocycles. The maximum absolute atomic E-state index is 12.9. The minimum absolute atomic E-state index is 0.0318. The maximum Gasteiger partial charge on any atom is 0.404 e. The van der Waals surface area contributed by atoms with Crippen LogP contribution in [-0.4, -0.2) is 50.0 Å². The van der Waals surface area contributed by atoms with E-state index in [1.165, 1.54) is 12.0 Å². The highest BCUT2D eigenvalue weighted by Crippen LogP contribution is 2.28. The monoisotopic (exact) mass is 256 g/mol. The lowest BCUT2D eigenvalue weighted by molar-refractivity contribution is -0.191. The Morgan fingerprint density at radius 3 is 2.29 bits per heavy atom. The van der Waals surface area contributed by atoms with Crippen molar-refractivity contribution < 1.29 is 17.9 Å². The Morgan fingerprint density at radius 2 is 1.94 bits per heavy atom. The molecule has 3 nitrogen and oxygen atoms in total. The predicted octanol–water partition coefficient (Wildman–Crippen LogP) is 2.01. The summed E-state index contributed by atoms with van der Waals surface area (Å²) in [4.78, 5) is 1.44. The van der Waals surface area contributed by atoms with Crippen LogP contribution in [0.15, 0.2) is 0 Å². The van der Waals surface area contributed by atoms with Crippen molar-refractivity contribution in [3.8, 4) is 0 Å². The highest BCUT2D eigenvalue weighted by molar-refractivity contribution is 4.82. The second-order valence-corrected chi connectivity index (χ2v) is 4.12. The Hall–Kier alpha value is -0.330. The lowest BCUT2D eigenvalue weighted by Crippen LogP contribution is -2.51. The Morgan fingerprint density at radius 1 is 1.35 bits per heavy atom. The van der Waals surface area contributed by atoms with Gasteiger partial charge in [0.15, 0.2) is 0 Å². The van der Waals surface area contributed by atoms with E-state index in [-0.39, 0.29) is 25.6 Å². The summed E-state index contributed by atoms with van der Waals surface area (Å²) < 4.78 is 43.7. The molecule has 0 aromatic heterocycles. The van der Waals surface area contributed by atoms with Gasteiger partial charge in [0.25, 0.3) is 0 Å². The summed E-state index contributed by atoms with van der Waals surface area (Å²) in [5.74, 6) is 0. The number of hydrogen-bond donors (Lipinski definition) is 1. The van der Waals surface area contributed by atoms with E-state index in [0.717, 1.165) is 0 Å². The van der Waals surface area contributed by atoms with Gasteiger partial charge in [0.2, 0.25) is 0 Å². The normalized spacial score (nSPS) is 16.2. The largest absolute Gasteiger partial charge is 0.404 e. The number of alkyl halides is 3. The molecular weight excluding hydrogens is 233 g/mol. The second-order valence-electron chi connectivity index (χ2n) is 4.12. The van der Waals surface area contributed by atoms with E-state index in [2.05, 4.69) is 0 Å². The van der Waals surface area contributed by atoms with Crippen molar-refractivity contribution in [2.45, 2.75) is 44.9 Å². The van der Waals surface area contributed by atoms with Gasteiger partial charge >= 0.3 is 6.18 Å². The van der Waals surface area contributed by atoms with E-state index in [0.29, 0.717) is 13.0 Å². The third-order valence-electron chi connectivity index (χ3n) is 2.93. The molecule has 0 saturated heterocycles. The molecule has 6 heteroatoms. The SMILES string of the molecule is CCC(C)N(CCOC)C(CCN)C(F)(F)F. The van der Waals surface area contributed by atoms with Crippen LogP contribution >= 0.6 is 0 Å². The molecule has 2 N–H and O–H groups in total. The molecule has 0 fully saturated rings. The average Bonchev–Trinajstić information content (AvgIpc) is 2.26. The van der Waals surface area contributed by atoms with Crippen LogP contribution < -0.4 is 5.73 Å². The molecule has 17 heavy (non-hydrogen) atoms. The number of ether oxygens (including phenoxy) is 1. The summed E-state index contributed by atoms with van der Waals surface area (Å²) in [7, 11) is 1.49. The van der Waals surface area contributed by atoms with E-state index < -0.39 is 12.2 Å². The second kappa shape index (κ2) is 7.89. The van der Waals surface area contributed by atoms with Crippen LogP contribution in [-0.2, 0) is 4.74 Å². The molecule has 0 rings (SSSR count). The first-order valence-corrected chi connectivity index (χ1v) is 5.89. The third kappa shape index (κ3) is 5.70. The third-order valence-corrected chi connectivity index (χ3v) is 2.93. The summed E-state index contributed by atoms with van der Waals surface area (Å²) in [6.45, 7) is 4.27. The minimum Gasteiger partial charge on any atom is -0.383 e. The highest BCUT2D eigenvalue weighted by atomic mass is 19.4. The molecule has 0 spiro atoms. The van der Waals surface area contributed by atoms with E-state index in [1.807, 2.05) is 6.92 Å². The molecule has 0 aromatic carbocycles. The van der Waals surface area contributed by atoms with Crippen molar-refractivity contribution in [3.05, 3.63) is 0 Å². The van der Waals surface area contributed by atoms with Crippen molar-refractivity contribution in [3.63, 3.8) is 0 Å². The van der Waals surface area contributed by atoms with Gasteiger partial charge in [-0.1, -0.05) is 6.92 Å². The first kappa shape index (κ1) is 16.7. The Labute approximate surface area is 101 Å². The van der Waals surface area contributed by atoms with Crippen LogP contribution in [0.4, 0.5) is 13.2 Å². The number of halogens is 3. The number of nitrogens with zero attached hydrogens (tertiary/aromatic N) is 1. The first-order chi connectivity index (χ1) is 7.88. The van der Waals surface area contributed by atoms with E-state index >= 15 is 0 Å². The molecule has 2 unspecified atom stereocenters. The van der Waals surface area contributed by atoms with Gasteiger partial charge in [-0.05, 0) is 26.3 Å². The van der Waals surface area contributed by atoms with Crippen LogP contribution in [0.25, 0.3) is 0 Å². The smallest absolute Gasteiger partial charge is 0.383 e. The van der Waals surface area contributed by atoms with Gasteiger partial charge in [0, 0.05) is 19.7 Å². The zero-order valence-corrected chi connectivity index (χ0v) is 10.8. The molecular formula is C11H23F3N2O. The van der Waals surface area contributed by atoms with Gasteiger partial charge in [0.05, 0.1) is 6.61 Å². The number of rotatable bonds is 8. The van der Waals surface area contributed by atoms with Gasteiger partial charge < -0.3 is 10.5 Å². The van der Waals surface area contributed by atoms with Gasteiger partial charge in [0.1, 0.15) is 6.04 Å². The van der Waals surface area contributed by atoms with Gasteiger partial charge in [-0.2, -0.15) is 13.2 Å². The summed E-state index contributed by atoms with van der Waals surface area (Å²) in [5, 5.41) is 0. The molecule has 0 saturated carbocycles. The number of methoxy groups -OCH3 is 1. The van der Waals surface area contributed by atoms with Gasteiger partial charge in [-0.15, -0.1) is 0 Å². The molecule has 2 atom stereocenters. The molecule has 0 bridgehead atoms. The lowest BCUT2D eigenvalue weighted by atomic mass is 10.1. The van der Waals surface area contributed by atoms with Crippen LogP contribution in [0, 0.1) is 0 Å². The van der Waals surface area contributed by atoms with Gasteiger partial charge in [-0.25, -0.2) is 0 Å². The fourth-order valence-corrected chi connectivity index (χ4v) is 1.79. The maximum atomic E-state index is 12.9. The predicted molar refractivity (Wildman–Crippen MR) is 61.8 cm³/mol. The highest BCUT2D eigenvalue weighted by Gasteiger charge is 2.43. The quantitative estimate of drug-likeness (QED) is 0.722. The summed E-state index contributed by atoms with van der Waals surface area (Å²) >= 11 is 0. The lowest BCUT2D eigenvalue weighted by Gasteiger charge is -2.37. The van der Waals surface area contributed by atoms with Crippen LogP contribution in [0.3, 0.4) is 0 Å². The summed E-state index contributed by atoms with van der Waals surface area (Å²) in [6, 6.07) is -1.61. The molecule has 0 aliphatic heterocycles. The topological polar surface area (TPSA) is 38.5 Å². The molecule has 0 aliphatic rings. The fourth-order valence-electron chi connectivity index (χ4n) is 1.79. The van der Waals surface area contributed by atoms with Crippen molar-refractivity contribution in [1.82, 2.24) is 4.90 Å². The van der Waals surface area contributed by atoms with Crippen LogP contribution in [0.2, 0.25) is 0 Å². The minimum atomic E-state index is -4.24. The molecule has 0 aliphatic carbocycles. The summed E-state index contributed by atoms with van der Waals surface area (Å²) in [6.07, 6.45) is -3.64. The molecule has 0 aromatic rings. The van der Waals surface area contributed by atoms with Crippen molar-refractivity contribution in [2.24, 2.45) is 5.73 Å². The van der Waals surface area contributed by atoms with Crippen LogP contribution in [0.5, 0.6) is 0 Å². The fraction of sp³-hybridized carbons (Fsp3) is 1.00. The van der Waals surface area contributed by atoms with Crippen molar-refractivity contribution in [2.75, 3.05) is 26.8 Å². The summed E-state index contributed by atoms with van der Waals surface area (Å²) in [5.41, 5.74) is 5.28. The van der Waals surface area contributed by atoms with Crippen molar-refractivity contribution >= 4 is 0 Å². The van der Waals surface area contributed by atoms with Crippen molar-refractivity contribution in [1.29, 1.82) is 0 Å². The Kier molecular flexibility index (Phi) is 7.74. The van der Waals surface area contributed by atoms with Gasteiger partial charge in [-0.3, -0.25) is 4.90 Å². The average molecular weight is 256 g/mol.